The third-order valence-corrected chi connectivity index (χ3v) is 7.92. The minimum atomic E-state index is -4.09. The number of nitrogens with one attached hydrogen (secondary N) is 2. The Morgan fingerprint density at radius 2 is 1.79 bits per heavy atom. The zero-order chi connectivity index (χ0) is 23.9. The highest BCUT2D eigenvalue weighted by Gasteiger charge is 2.50. The van der Waals surface area contributed by atoms with E-state index < -0.39 is 27.5 Å². The maximum Gasteiger partial charge on any atom is 0.243 e. The minimum absolute atomic E-state index is 0.0437. The Labute approximate surface area is 197 Å². The summed E-state index contributed by atoms with van der Waals surface area (Å²) in [6, 6.07) is 16.8. The number of ether oxygens (including phenoxy) is 1. The summed E-state index contributed by atoms with van der Waals surface area (Å²) in [5.74, 6) is 0.173. The predicted octanol–water partition coefficient (Wildman–Crippen LogP) is 2.63. The van der Waals surface area contributed by atoms with Crippen molar-refractivity contribution in [3.05, 3.63) is 78.6 Å². The van der Waals surface area contributed by atoms with Gasteiger partial charge in [-0.25, -0.2) is 8.42 Å². The van der Waals surface area contributed by atoms with Crippen LogP contribution in [0.1, 0.15) is 18.0 Å². The quantitative estimate of drug-likeness (QED) is 0.393. The van der Waals surface area contributed by atoms with Crippen LogP contribution in [-0.4, -0.2) is 38.5 Å². The molecule has 34 heavy (non-hydrogen) atoms. The molecule has 5 rings (SSSR count). The van der Waals surface area contributed by atoms with Crippen LogP contribution in [0.5, 0.6) is 5.75 Å². The normalized spacial score (nSPS) is 19.3. The highest BCUT2D eigenvalue weighted by Crippen LogP contribution is 2.34. The first-order valence-electron chi connectivity index (χ1n) is 10.8. The summed E-state index contributed by atoms with van der Waals surface area (Å²) in [6.07, 6.45) is 3.63. The number of carbonyl (C=O) groups excluding carboxylic acids is 1. The van der Waals surface area contributed by atoms with E-state index in [9.17, 15) is 13.2 Å². The molecule has 1 aliphatic rings. The number of nitrogens with two attached hydrogens (primary N) is 1. The molecule has 4 N–H and O–H groups in total. The van der Waals surface area contributed by atoms with Gasteiger partial charge in [0.1, 0.15) is 11.3 Å². The molecule has 8 nitrogen and oxygen atoms in total. The molecule has 174 valence electrons. The predicted molar refractivity (Wildman–Crippen MR) is 130 cm³/mol. The second kappa shape index (κ2) is 8.35. The van der Waals surface area contributed by atoms with Crippen LogP contribution >= 0.6 is 0 Å². The van der Waals surface area contributed by atoms with Crippen molar-refractivity contribution in [3.8, 4) is 5.75 Å². The van der Waals surface area contributed by atoms with Gasteiger partial charge in [0, 0.05) is 24.3 Å². The number of hydrogen-bond acceptors (Lipinski definition) is 6. The Kier molecular flexibility index (Phi) is 5.47. The first-order valence-corrected chi connectivity index (χ1v) is 12.3. The molecule has 1 aromatic heterocycles. The average Bonchev–Trinajstić information content (AvgIpc) is 3.22. The van der Waals surface area contributed by atoms with Gasteiger partial charge < -0.3 is 15.8 Å². The molecule has 1 unspecified atom stereocenters. The lowest BCUT2D eigenvalue weighted by Gasteiger charge is -2.33. The van der Waals surface area contributed by atoms with Crippen LogP contribution < -0.4 is 20.5 Å². The van der Waals surface area contributed by atoms with E-state index in [0.717, 1.165) is 16.2 Å². The third kappa shape index (κ3) is 3.77. The van der Waals surface area contributed by atoms with Gasteiger partial charge in [0.25, 0.3) is 0 Å². The maximum atomic E-state index is 13.5. The molecule has 0 saturated carbocycles. The molecule has 1 aliphatic heterocycles. The van der Waals surface area contributed by atoms with Gasteiger partial charge in [-0.2, -0.15) is 4.72 Å². The standard InChI is InChI=1S/C25H24N4O4S/c1-33-21-6-4-16-5-7-22(14-19(16)13-21)34(31,32)29-25(9-11-28-24(25)30)23(26)18-3-2-17-8-10-27-15-20(17)12-18/h2-8,10,12-15,23,29H,9,11,26H2,1H3,(H,28,30)/t23?,25-/m1/s1. The fourth-order valence-electron chi connectivity index (χ4n) is 4.48. The number of amides is 1. The molecule has 0 bridgehead atoms. The number of pyridine rings is 1. The Morgan fingerprint density at radius 1 is 1.03 bits per heavy atom. The van der Waals surface area contributed by atoms with Crippen LogP contribution in [0.4, 0.5) is 0 Å². The monoisotopic (exact) mass is 476 g/mol. The van der Waals surface area contributed by atoms with Crippen molar-refractivity contribution in [2.45, 2.75) is 22.9 Å². The van der Waals surface area contributed by atoms with Crippen molar-refractivity contribution in [1.29, 1.82) is 0 Å². The molecule has 2 heterocycles. The number of rotatable bonds is 6. The summed E-state index contributed by atoms with van der Waals surface area (Å²) in [5.41, 5.74) is 5.72. The lowest BCUT2D eigenvalue weighted by atomic mass is 9.85. The second-order valence-corrected chi connectivity index (χ2v) is 10.1. The summed E-state index contributed by atoms with van der Waals surface area (Å²) in [6.45, 7) is 0.319. The number of benzene rings is 3. The maximum absolute atomic E-state index is 13.5. The smallest absolute Gasteiger partial charge is 0.243 e. The number of methoxy groups -OCH3 is 1. The fraction of sp³-hybridized carbons (Fsp3) is 0.200. The molecule has 1 fully saturated rings. The highest BCUT2D eigenvalue weighted by atomic mass is 32.2. The van der Waals surface area contributed by atoms with E-state index >= 15 is 0 Å². The molecule has 1 saturated heterocycles. The molecular formula is C25H24N4O4S. The fourth-order valence-corrected chi connectivity index (χ4v) is 5.93. The topological polar surface area (TPSA) is 123 Å². The van der Waals surface area contributed by atoms with E-state index in [1.807, 2.05) is 36.4 Å². The Morgan fingerprint density at radius 3 is 2.56 bits per heavy atom. The first kappa shape index (κ1) is 22.3. The average molecular weight is 477 g/mol. The van der Waals surface area contributed by atoms with E-state index in [2.05, 4.69) is 15.0 Å². The number of sulfonamides is 1. The lowest BCUT2D eigenvalue weighted by molar-refractivity contribution is -0.124. The van der Waals surface area contributed by atoms with Crippen LogP contribution in [0.15, 0.2) is 78.0 Å². The zero-order valence-corrected chi connectivity index (χ0v) is 19.3. The molecule has 9 heteroatoms. The summed E-state index contributed by atoms with van der Waals surface area (Å²) in [7, 11) is -2.53. The van der Waals surface area contributed by atoms with Crippen molar-refractivity contribution < 1.29 is 17.9 Å². The molecule has 0 radical (unpaired) electrons. The Hall–Kier alpha value is -3.53. The molecule has 4 aromatic rings. The van der Waals surface area contributed by atoms with Crippen LogP contribution in [-0.2, 0) is 14.8 Å². The number of fused-ring (bicyclic) bond motifs is 2. The van der Waals surface area contributed by atoms with Gasteiger partial charge >= 0.3 is 0 Å². The number of carbonyl (C=O) groups is 1. The minimum Gasteiger partial charge on any atom is -0.497 e. The van der Waals surface area contributed by atoms with Crippen molar-refractivity contribution >= 4 is 37.5 Å². The molecule has 0 spiro atoms. The van der Waals surface area contributed by atoms with Crippen LogP contribution in [0, 0.1) is 0 Å². The number of hydrogen-bond donors (Lipinski definition) is 3. The Balaban J connectivity index is 1.54. The summed E-state index contributed by atoms with van der Waals surface area (Å²) in [4.78, 5) is 17.2. The van der Waals surface area contributed by atoms with Gasteiger partial charge in [0.15, 0.2) is 0 Å². The van der Waals surface area contributed by atoms with Gasteiger partial charge in [-0.1, -0.05) is 24.3 Å². The lowest BCUT2D eigenvalue weighted by Crippen LogP contribution is -2.59. The van der Waals surface area contributed by atoms with Crippen molar-refractivity contribution in [3.63, 3.8) is 0 Å². The third-order valence-electron chi connectivity index (χ3n) is 6.41. The molecule has 0 aliphatic carbocycles. The summed E-state index contributed by atoms with van der Waals surface area (Å²) >= 11 is 0. The molecule has 2 atom stereocenters. The summed E-state index contributed by atoms with van der Waals surface area (Å²) < 4.78 is 34.9. The highest BCUT2D eigenvalue weighted by molar-refractivity contribution is 7.89. The Bertz CT molecular complexity index is 1520. The molecular weight excluding hydrogens is 452 g/mol. The van der Waals surface area contributed by atoms with Crippen LogP contribution in [0.25, 0.3) is 21.5 Å². The van der Waals surface area contributed by atoms with E-state index in [4.69, 9.17) is 10.5 Å². The van der Waals surface area contributed by atoms with Gasteiger partial charge in [-0.3, -0.25) is 9.78 Å². The van der Waals surface area contributed by atoms with Gasteiger partial charge in [0.2, 0.25) is 15.9 Å². The number of nitrogens with zero attached hydrogens (tertiary/aromatic N) is 1. The van der Waals surface area contributed by atoms with Gasteiger partial charge in [-0.05, 0) is 64.5 Å². The van der Waals surface area contributed by atoms with E-state index in [1.165, 1.54) is 6.07 Å². The van der Waals surface area contributed by atoms with Crippen LogP contribution in [0.2, 0.25) is 0 Å². The largest absolute Gasteiger partial charge is 0.497 e. The van der Waals surface area contributed by atoms with Crippen molar-refractivity contribution in [1.82, 2.24) is 15.0 Å². The first-order chi connectivity index (χ1) is 16.3. The van der Waals surface area contributed by atoms with Crippen molar-refractivity contribution in [2.75, 3.05) is 13.7 Å². The van der Waals surface area contributed by atoms with E-state index in [0.29, 0.717) is 23.2 Å². The second-order valence-electron chi connectivity index (χ2n) is 8.42. The number of aromatic nitrogens is 1. The van der Waals surface area contributed by atoms with E-state index in [-0.39, 0.29) is 11.3 Å². The molecule has 1 amide bonds. The summed E-state index contributed by atoms with van der Waals surface area (Å²) in [5, 5.41) is 6.15. The van der Waals surface area contributed by atoms with E-state index in [1.54, 1.807) is 37.7 Å². The van der Waals surface area contributed by atoms with Gasteiger partial charge in [0.05, 0.1) is 18.0 Å². The van der Waals surface area contributed by atoms with Crippen molar-refractivity contribution in [2.24, 2.45) is 5.73 Å². The van der Waals surface area contributed by atoms with Crippen LogP contribution in [0.3, 0.4) is 0 Å². The SMILES string of the molecule is COc1ccc2ccc(S(=O)(=O)N[C@@]3(C(N)c4ccc5ccncc5c4)CCNC3=O)cc2c1. The zero-order valence-electron chi connectivity index (χ0n) is 18.5. The van der Waals surface area contributed by atoms with Gasteiger partial charge in [-0.15, -0.1) is 0 Å². The molecule has 3 aromatic carbocycles.